The summed E-state index contributed by atoms with van der Waals surface area (Å²) in [4.78, 5) is 12.7. The number of ketones is 1. The van der Waals surface area contributed by atoms with E-state index in [9.17, 15) is 15.0 Å². The zero-order chi connectivity index (χ0) is 16.3. The molecule has 0 aromatic rings. The fraction of sp³-hybridized carbons (Fsp3) is 0.632. The summed E-state index contributed by atoms with van der Waals surface area (Å²) < 4.78 is 0. The Hall–Kier alpha value is -1.19. The Kier molecular flexibility index (Phi) is 3.32. The molecule has 0 saturated heterocycles. The zero-order valence-electron chi connectivity index (χ0n) is 13.8. The Morgan fingerprint density at radius 1 is 1.27 bits per heavy atom. The molecule has 3 heteroatoms. The minimum Gasteiger partial charge on any atom is -0.387 e. The summed E-state index contributed by atoms with van der Waals surface area (Å²) in [6.45, 7) is 9.93. The first-order valence-electron chi connectivity index (χ1n) is 8.20. The van der Waals surface area contributed by atoms with Crippen LogP contribution in [-0.4, -0.2) is 27.7 Å². The number of allylic oxidation sites excluding steroid dienone is 1. The number of carbonyl (C=O) groups is 1. The Morgan fingerprint density at radius 3 is 2.59 bits per heavy atom. The number of fused-ring (bicyclic) bond motifs is 2. The minimum atomic E-state index is -1.05. The quantitative estimate of drug-likeness (QED) is 0.732. The molecule has 0 amide bonds. The molecular formula is C19H26O3. The molecule has 22 heavy (non-hydrogen) atoms. The van der Waals surface area contributed by atoms with Crippen LogP contribution in [0.3, 0.4) is 0 Å². The second-order valence-corrected chi connectivity index (χ2v) is 8.02. The van der Waals surface area contributed by atoms with Crippen LogP contribution >= 0.6 is 0 Å². The molecule has 0 unspecified atom stereocenters. The standard InChI is InChI=1S/C19H26O3/c1-5-18(4)10-7-12-15(16(18)21)13(20)11-14-17(2,3)8-6-9-19(12,14)22/h5,11,16,21-22H,1,6-10H2,2-4H3/t16-,18-,19-/m0/s1. The lowest BCUT2D eigenvalue weighted by molar-refractivity contribution is -0.114. The van der Waals surface area contributed by atoms with Crippen molar-refractivity contribution in [3.05, 3.63) is 35.5 Å². The Morgan fingerprint density at radius 2 is 1.95 bits per heavy atom. The smallest absolute Gasteiger partial charge is 0.184 e. The van der Waals surface area contributed by atoms with Gasteiger partial charge in [-0.05, 0) is 54.7 Å². The number of hydrogen-bond acceptors (Lipinski definition) is 3. The van der Waals surface area contributed by atoms with Crippen molar-refractivity contribution in [3.8, 4) is 0 Å². The Labute approximate surface area is 132 Å². The molecule has 120 valence electrons. The van der Waals surface area contributed by atoms with Crippen molar-refractivity contribution >= 4 is 5.78 Å². The van der Waals surface area contributed by atoms with Crippen LogP contribution in [0.1, 0.15) is 52.9 Å². The van der Waals surface area contributed by atoms with E-state index in [-0.39, 0.29) is 11.2 Å². The van der Waals surface area contributed by atoms with Crippen LogP contribution in [0.2, 0.25) is 0 Å². The van der Waals surface area contributed by atoms with Gasteiger partial charge in [0.2, 0.25) is 0 Å². The van der Waals surface area contributed by atoms with E-state index in [1.54, 1.807) is 12.2 Å². The molecule has 3 nitrogen and oxygen atoms in total. The lowest BCUT2D eigenvalue weighted by Gasteiger charge is -2.51. The lowest BCUT2D eigenvalue weighted by Crippen LogP contribution is -2.51. The molecule has 2 N–H and O–H groups in total. The van der Waals surface area contributed by atoms with Crippen molar-refractivity contribution in [1.29, 1.82) is 0 Å². The van der Waals surface area contributed by atoms with Gasteiger partial charge < -0.3 is 10.2 Å². The van der Waals surface area contributed by atoms with Crippen LogP contribution in [0.4, 0.5) is 0 Å². The predicted octanol–water partition coefficient (Wildman–Crippen LogP) is 3.08. The molecule has 1 saturated carbocycles. The fourth-order valence-electron chi connectivity index (χ4n) is 4.54. The average Bonchev–Trinajstić information content (AvgIpc) is 2.44. The van der Waals surface area contributed by atoms with Crippen LogP contribution < -0.4 is 0 Å². The van der Waals surface area contributed by atoms with Crippen LogP contribution in [0, 0.1) is 10.8 Å². The minimum absolute atomic E-state index is 0.134. The second kappa shape index (κ2) is 4.65. The summed E-state index contributed by atoms with van der Waals surface area (Å²) >= 11 is 0. The van der Waals surface area contributed by atoms with Crippen LogP contribution in [0.25, 0.3) is 0 Å². The molecule has 0 heterocycles. The lowest BCUT2D eigenvalue weighted by atomic mass is 9.56. The molecule has 0 spiro atoms. The summed E-state index contributed by atoms with van der Waals surface area (Å²) in [6.07, 6.45) is 6.35. The Bertz CT molecular complexity index is 610. The highest BCUT2D eigenvalue weighted by Crippen LogP contribution is 2.55. The number of aliphatic hydroxyl groups is 2. The average molecular weight is 302 g/mol. The van der Waals surface area contributed by atoms with Crippen LogP contribution in [0.5, 0.6) is 0 Å². The van der Waals surface area contributed by atoms with E-state index in [0.29, 0.717) is 24.8 Å². The predicted molar refractivity (Wildman–Crippen MR) is 86.2 cm³/mol. The van der Waals surface area contributed by atoms with Crippen molar-refractivity contribution < 1.29 is 15.0 Å². The van der Waals surface area contributed by atoms with Gasteiger partial charge in [0, 0.05) is 11.0 Å². The van der Waals surface area contributed by atoms with Gasteiger partial charge in [0.05, 0.1) is 6.10 Å². The third-order valence-corrected chi connectivity index (χ3v) is 6.16. The normalized spacial score (nSPS) is 40.7. The maximum Gasteiger partial charge on any atom is 0.184 e. The molecule has 0 aromatic carbocycles. The summed E-state index contributed by atoms with van der Waals surface area (Å²) in [5, 5.41) is 22.1. The first-order valence-corrected chi connectivity index (χ1v) is 8.20. The van der Waals surface area contributed by atoms with Crippen molar-refractivity contribution in [1.82, 2.24) is 0 Å². The van der Waals surface area contributed by atoms with E-state index in [4.69, 9.17) is 0 Å². The number of hydrogen-bond donors (Lipinski definition) is 2. The van der Waals surface area contributed by atoms with E-state index in [1.165, 1.54) is 0 Å². The zero-order valence-corrected chi connectivity index (χ0v) is 13.8. The molecule has 3 rings (SSSR count). The van der Waals surface area contributed by atoms with Crippen molar-refractivity contribution in [3.63, 3.8) is 0 Å². The summed E-state index contributed by atoms with van der Waals surface area (Å²) in [6, 6.07) is 0. The largest absolute Gasteiger partial charge is 0.387 e. The molecule has 0 aromatic heterocycles. The second-order valence-electron chi connectivity index (χ2n) is 8.02. The van der Waals surface area contributed by atoms with E-state index in [0.717, 1.165) is 24.0 Å². The molecule has 1 fully saturated rings. The monoisotopic (exact) mass is 302 g/mol. The van der Waals surface area contributed by atoms with Crippen molar-refractivity contribution in [2.24, 2.45) is 10.8 Å². The maximum atomic E-state index is 12.7. The number of aliphatic hydroxyl groups excluding tert-OH is 1. The van der Waals surface area contributed by atoms with Gasteiger partial charge >= 0.3 is 0 Å². The fourth-order valence-corrected chi connectivity index (χ4v) is 4.54. The SMILES string of the molecule is C=C[C@@]1(C)CCC2=C(C(=O)C=C3C(C)(C)CCC[C@@]32O)[C@@H]1O. The third-order valence-electron chi connectivity index (χ3n) is 6.16. The van der Waals surface area contributed by atoms with E-state index in [2.05, 4.69) is 20.4 Å². The molecule has 3 aliphatic carbocycles. The van der Waals surface area contributed by atoms with Gasteiger partial charge in [0.1, 0.15) is 5.60 Å². The molecule has 0 bridgehead atoms. The molecule has 0 aliphatic heterocycles. The van der Waals surface area contributed by atoms with Crippen molar-refractivity contribution in [2.45, 2.75) is 64.6 Å². The van der Waals surface area contributed by atoms with Gasteiger partial charge in [-0.2, -0.15) is 0 Å². The van der Waals surface area contributed by atoms with Gasteiger partial charge in [-0.15, -0.1) is 6.58 Å². The summed E-state index contributed by atoms with van der Waals surface area (Å²) in [5.74, 6) is -0.134. The van der Waals surface area contributed by atoms with Crippen LogP contribution in [-0.2, 0) is 4.79 Å². The molecular weight excluding hydrogens is 276 g/mol. The van der Waals surface area contributed by atoms with E-state index in [1.807, 2.05) is 6.92 Å². The van der Waals surface area contributed by atoms with Crippen molar-refractivity contribution in [2.75, 3.05) is 0 Å². The molecule has 0 radical (unpaired) electrons. The summed E-state index contributed by atoms with van der Waals surface area (Å²) in [5.41, 5.74) is 0.289. The molecule has 3 atom stereocenters. The van der Waals surface area contributed by atoms with Crippen LogP contribution in [0.15, 0.2) is 35.5 Å². The Balaban J connectivity index is 2.16. The summed E-state index contributed by atoms with van der Waals surface area (Å²) in [7, 11) is 0. The maximum absolute atomic E-state index is 12.7. The van der Waals surface area contributed by atoms with Gasteiger partial charge in [0.25, 0.3) is 0 Å². The first kappa shape index (κ1) is 15.7. The third kappa shape index (κ3) is 1.92. The van der Waals surface area contributed by atoms with E-state index < -0.39 is 17.1 Å². The molecule has 3 aliphatic rings. The highest BCUT2D eigenvalue weighted by Gasteiger charge is 2.53. The van der Waals surface area contributed by atoms with Gasteiger partial charge in [-0.1, -0.05) is 26.8 Å². The van der Waals surface area contributed by atoms with Gasteiger partial charge in [-0.25, -0.2) is 0 Å². The first-order chi connectivity index (χ1) is 10.2. The van der Waals surface area contributed by atoms with Gasteiger partial charge in [-0.3, -0.25) is 4.79 Å². The van der Waals surface area contributed by atoms with E-state index >= 15 is 0 Å². The number of carbonyl (C=O) groups excluding carboxylic acids is 1. The highest BCUT2D eigenvalue weighted by molar-refractivity contribution is 6.08. The number of rotatable bonds is 1. The van der Waals surface area contributed by atoms with Gasteiger partial charge in [0.15, 0.2) is 5.78 Å². The highest BCUT2D eigenvalue weighted by atomic mass is 16.3. The topological polar surface area (TPSA) is 57.5 Å².